The molecule has 0 spiro atoms. The number of rotatable bonds is 5. The van der Waals surface area contributed by atoms with E-state index in [0.717, 1.165) is 30.9 Å². The minimum absolute atomic E-state index is 0.0270. The molecular formula is C19H28N4O4. The first kappa shape index (κ1) is 19.3. The van der Waals surface area contributed by atoms with Crippen molar-refractivity contribution in [3.8, 4) is 5.75 Å². The molecule has 3 rings (SSSR count). The monoisotopic (exact) mass is 376 g/mol. The highest BCUT2D eigenvalue weighted by Gasteiger charge is 2.29. The van der Waals surface area contributed by atoms with Gasteiger partial charge in [-0.3, -0.25) is 4.79 Å². The largest absolute Gasteiger partial charge is 0.495 e. The van der Waals surface area contributed by atoms with Crippen LogP contribution in [-0.2, 0) is 9.53 Å². The lowest BCUT2D eigenvalue weighted by Crippen LogP contribution is -2.55. The van der Waals surface area contributed by atoms with Gasteiger partial charge in [-0.25, -0.2) is 4.79 Å². The molecule has 0 aliphatic carbocycles. The van der Waals surface area contributed by atoms with E-state index in [-0.39, 0.29) is 24.6 Å². The fraction of sp³-hybridized carbons (Fsp3) is 0.579. The molecule has 2 aliphatic heterocycles. The number of urea groups is 1. The SMILES string of the molecule is COCC(=O)N1CCN(C(=O)NC2CCN(c3ccccc3OC)C2)CC1. The van der Waals surface area contributed by atoms with Crippen LogP contribution in [0.4, 0.5) is 10.5 Å². The van der Waals surface area contributed by atoms with Crippen molar-refractivity contribution in [3.05, 3.63) is 24.3 Å². The molecule has 1 N–H and O–H groups in total. The number of piperazine rings is 1. The van der Waals surface area contributed by atoms with E-state index >= 15 is 0 Å². The highest BCUT2D eigenvalue weighted by atomic mass is 16.5. The second-order valence-corrected chi connectivity index (χ2v) is 6.85. The number of ether oxygens (including phenoxy) is 2. The van der Waals surface area contributed by atoms with Crippen molar-refractivity contribution in [1.29, 1.82) is 0 Å². The summed E-state index contributed by atoms with van der Waals surface area (Å²) >= 11 is 0. The lowest BCUT2D eigenvalue weighted by Gasteiger charge is -2.35. The van der Waals surface area contributed by atoms with Gasteiger partial charge in [-0.1, -0.05) is 12.1 Å². The Kier molecular flexibility index (Phi) is 6.39. The number of hydrogen-bond acceptors (Lipinski definition) is 5. The molecule has 0 saturated carbocycles. The van der Waals surface area contributed by atoms with E-state index < -0.39 is 0 Å². The first-order chi connectivity index (χ1) is 13.1. The number of para-hydroxylation sites is 2. The average Bonchev–Trinajstić information content (AvgIpc) is 3.16. The molecule has 0 radical (unpaired) electrons. The number of benzene rings is 1. The zero-order chi connectivity index (χ0) is 19.2. The second-order valence-electron chi connectivity index (χ2n) is 6.85. The van der Waals surface area contributed by atoms with Gasteiger partial charge in [-0.2, -0.15) is 0 Å². The third-order valence-electron chi connectivity index (χ3n) is 5.13. The summed E-state index contributed by atoms with van der Waals surface area (Å²) in [6, 6.07) is 7.99. The smallest absolute Gasteiger partial charge is 0.317 e. The molecule has 0 aromatic heterocycles. The van der Waals surface area contributed by atoms with Crippen molar-refractivity contribution in [2.75, 3.05) is 65.0 Å². The van der Waals surface area contributed by atoms with Crippen LogP contribution in [0, 0.1) is 0 Å². The van der Waals surface area contributed by atoms with Crippen molar-refractivity contribution in [2.45, 2.75) is 12.5 Å². The highest BCUT2D eigenvalue weighted by Crippen LogP contribution is 2.30. The van der Waals surface area contributed by atoms with Crippen molar-refractivity contribution >= 4 is 17.6 Å². The van der Waals surface area contributed by atoms with Gasteiger partial charge >= 0.3 is 6.03 Å². The van der Waals surface area contributed by atoms with Gasteiger partial charge in [-0.15, -0.1) is 0 Å². The van der Waals surface area contributed by atoms with Gasteiger partial charge < -0.3 is 29.5 Å². The summed E-state index contributed by atoms with van der Waals surface area (Å²) < 4.78 is 10.3. The third-order valence-corrected chi connectivity index (χ3v) is 5.13. The first-order valence-corrected chi connectivity index (χ1v) is 9.32. The average molecular weight is 376 g/mol. The Morgan fingerprint density at radius 3 is 2.48 bits per heavy atom. The Morgan fingerprint density at radius 2 is 1.78 bits per heavy atom. The van der Waals surface area contributed by atoms with Gasteiger partial charge in [-0.05, 0) is 18.6 Å². The minimum Gasteiger partial charge on any atom is -0.495 e. The third kappa shape index (κ3) is 4.63. The number of amides is 3. The standard InChI is InChI=1S/C19H28N4O4/c1-26-14-18(24)21-9-11-22(12-10-21)19(25)20-15-7-8-23(13-15)16-5-3-4-6-17(16)27-2/h3-6,15H,7-14H2,1-2H3,(H,20,25). The Hall–Kier alpha value is -2.48. The van der Waals surface area contributed by atoms with Crippen LogP contribution in [0.3, 0.4) is 0 Å². The van der Waals surface area contributed by atoms with Crippen LogP contribution in [0.15, 0.2) is 24.3 Å². The van der Waals surface area contributed by atoms with Crippen LogP contribution in [-0.4, -0.2) is 87.9 Å². The van der Waals surface area contributed by atoms with Crippen LogP contribution in [0.25, 0.3) is 0 Å². The quantitative estimate of drug-likeness (QED) is 0.822. The van der Waals surface area contributed by atoms with Crippen molar-refractivity contribution in [1.82, 2.24) is 15.1 Å². The number of nitrogens with one attached hydrogen (secondary N) is 1. The number of carbonyl (C=O) groups excluding carboxylic acids is 2. The molecule has 2 fully saturated rings. The van der Waals surface area contributed by atoms with Crippen LogP contribution < -0.4 is 15.0 Å². The molecule has 3 amide bonds. The predicted octanol–water partition coefficient (Wildman–Crippen LogP) is 0.774. The van der Waals surface area contributed by atoms with E-state index in [9.17, 15) is 9.59 Å². The Balaban J connectivity index is 1.48. The summed E-state index contributed by atoms with van der Waals surface area (Å²) in [5, 5.41) is 3.13. The van der Waals surface area contributed by atoms with Gasteiger partial charge in [0.2, 0.25) is 5.91 Å². The molecule has 8 heteroatoms. The fourth-order valence-electron chi connectivity index (χ4n) is 3.63. The number of carbonyl (C=O) groups is 2. The maximum atomic E-state index is 12.6. The molecule has 1 unspecified atom stereocenters. The molecule has 1 atom stereocenters. The maximum absolute atomic E-state index is 12.6. The molecule has 1 aromatic rings. The second kappa shape index (κ2) is 8.94. The van der Waals surface area contributed by atoms with E-state index in [2.05, 4.69) is 10.2 Å². The molecular weight excluding hydrogens is 348 g/mol. The van der Waals surface area contributed by atoms with Gasteiger partial charge in [0.1, 0.15) is 12.4 Å². The number of nitrogens with zero attached hydrogens (tertiary/aromatic N) is 3. The highest BCUT2D eigenvalue weighted by molar-refractivity contribution is 5.78. The van der Waals surface area contributed by atoms with Gasteiger partial charge in [0, 0.05) is 52.4 Å². The van der Waals surface area contributed by atoms with E-state index in [0.29, 0.717) is 26.2 Å². The predicted molar refractivity (Wildman–Crippen MR) is 102 cm³/mol. The molecule has 1 aromatic carbocycles. The summed E-state index contributed by atoms with van der Waals surface area (Å²) in [4.78, 5) is 30.2. The molecule has 2 saturated heterocycles. The molecule has 2 heterocycles. The summed E-state index contributed by atoms with van der Waals surface area (Å²) in [7, 11) is 3.18. The Bertz CT molecular complexity index is 661. The lowest BCUT2D eigenvalue weighted by molar-refractivity contribution is -0.136. The number of anilines is 1. The van der Waals surface area contributed by atoms with Crippen molar-refractivity contribution in [2.24, 2.45) is 0 Å². The summed E-state index contributed by atoms with van der Waals surface area (Å²) in [5.74, 6) is 0.821. The van der Waals surface area contributed by atoms with Crippen LogP contribution in [0.2, 0.25) is 0 Å². The molecule has 148 valence electrons. The molecule has 0 bridgehead atoms. The van der Waals surface area contributed by atoms with Crippen molar-refractivity contribution < 1.29 is 19.1 Å². The van der Waals surface area contributed by atoms with Crippen molar-refractivity contribution in [3.63, 3.8) is 0 Å². The lowest BCUT2D eigenvalue weighted by atomic mass is 10.2. The summed E-state index contributed by atoms with van der Waals surface area (Å²) in [5.41, 5.74) is 1.06. The molecule has 2 aliphatic rings. The van der Waals surface area contributed by atoms with E-state index in [1.54, 1.807) is 16.9 Å². The summed E-state index contributed by atoms with van der Waals surface area (Å²) in [6.45, 7) is 3.92. The maximum Gasteiger partial charge on any atom is 0.317 e. The van der Waals surface area contributed by atoms with Crippen LogP contribution in [0.1, 0.15) is 6.42 Å². The summed E-state index contributed by atoms with van der Waals surface area (Å²) in [6.07, 6.45) is 0.899. The Morgan fingerprint density at radius 1 is 1.07 bits per heavy atom. The molecule has 27 heavy (non-hydrogen) atoms. The van der Waals surface area contributed by atoms with Gasteiger partial charge in [0.05, 0.1) is 12.8 Å². The fourth-order valence-corrected chi connectivity index (χ4v) is 3.63. The topological polar surface area (TPSA) is 74.4 Å². The van der Waals surface area contributed by atoms with E-state index in [1.807, 2.05) is 24.3 Å². The zero-order valence-corrected chi connectivity index (χ0v) is 16.0. The minimum atomic E-state index is -0.0549. The van der Waals surface area contributed by atoms with Gasteiger partial charge in [0.25, 0.3) is 0 Å². The first-order valence-electron chi connectivity index (χ1n) is 9.32. The normalized spacial score (nSPS) is 19.9. The van der Waals surface area contributed by atoms with E-state index in [1.165, 1.54) is 7.11 Å². The van der Waals surface area contributed by atoms with Crippen LogP contribution >= 0.6 is 0 Å². The number of methoxy groups -OCH3 is 2. The Labute approximate surface area is 160 Å². The molecule has 8 nitrogen and oxygen atoms in total. The number of hydrogen-bond donors (Lipinski definition) is 1. The van der Waals surface area contributed by atoms with E-state index in [4.69, 9.17) is 9.47 Å². The zero-order valence-electron chi connectivity index (χ0n) is 16.0. The van der Waals surface area contributed by atoms with Crippen LogP contribution in [0.5, 0.6) is 5.75 Å². The van der Waals surface area contributed by atoms with Gasteiger partial charge in [0.15, 0.2) is 0 Å².